The Kier molecular flexibility index (Phi) is 5.94. The summed E-state index contributed by atoms with van der Waals surface area (Å²) in [6.07, 6.45) is -0.728. The zero-order chi connectivity index (χ0) is 17.5. The van der Waals surface area contributed by atoms with Gasteiger partial charge in [-0.05, 0) is 55.8 Å². The van der Waals surface area contributed by atoms with Gasteiger partial charge in [0.1, 0.15) is 5.75 Å². The molecule has 0 aliphatic heterocycles. The van der Waals surface area contributed by atoms with Crippen molar-refractivity contribution in [3.63, 3.8) is 0 Å². The Bertz CT molecular complexity index is 795. The molecule has 2 rings (SSSR count). The van der Waals surface area contributed by atoms with Crippen molar-refractivity contribution >= 4 is 23.2 Å². The van der Waals surface area contributed by atoms with Gasteiger partial charge in [-0.2, -0.15) is 10.4 Å². The van der Waals surface area contributed by atoms with E-state index in [0.717, 1.165) is 5.56 Å². The first-order valence-corrected chi connectivity index (χ1v) is 7.64. The van der Waals surface area contributed by atoms with Crippen molar-refractivity contribution in [3.05, 3.63) is 64.7 Å². The number of carbonyl (C=O) groups excluding carboxylic acids is 1. The van der Waals surface area contributed by atoms with E-state index in [0.29, 0.717) is 22.0 Å². The van der Waals surface area contributed by atoms with Gasteiger partial charge in [-0.3, -0.25) is 4.79 Å². The Balaban J connectivity index is 1.95. The maximum absolute atomic E-state index is 12.1. The first-order chi connectivity index (χ1) is 11.5. The molecule has 0 saturated heterocycles. The van der Waals surface area contributed by atoms with Crippen LogP contribution in [0.5, 0.6) is 5.75 Å². The average Bonchev–Trinajstić information content (AvgIpc) is 2.60. The lowest BCUT2D eigenvalue weighted by molar-refractivity contribution is -0.127. The molecule has 2 aromatic carbocycles. The number of rotatable bonds is 5. The Morgan fingerprint density at radius 2 is 2.00 bits per heavy atom. The SMILES string of the molecule is C/C(=N\NC(=O)C(C)Oc1ccc(C#N)cc1)c1cccc(Cl)c1. The van der Waals surface area contributed by atoms with E-state index in [1.807, 2.05) is 18.2 Å². The molecule has 0 spiro atoms. The summed E-state index contributed by atoms with van der Waals surface area (Å²) in [5, 5.41) is 13.4. The van der Waals surface area contributed by atoms with Crippen molar-refractivity contribution < 1.29 is 9.53 Å². The van der Waals surface area contributed by atoms with Crippen LogP contribution in [0.3, 0.4) is 0 Å². The molecule has 5 nitrogen and oxygen atoms in total. The standard InChI is InChI=1S/C18H16ClN3O2/c1-12(15-4-3-5-16(19)10-15)21-22-18(23)13(2)24-17-8-6-14(11-20)7-9-17/h3-10,13H,1-2H3,(H,22,23)/b21-12+. The van der Waals surface area contributed by atoms with Gasteiger partial charge in [-0.15, -0.1) is 0 Å². The van der Waals surface area contributed by atoms with Crippen LogP contribution in [0.15, 0.2) is 53.6 Å². The van der Waals surface area contributed by atoms with Crippen molar-refractivity contribution in [1.29, 1.82) is 5.26 Å². The van der Waals surface area contributed by atoms with E-state index < -0.39 is 6.10 Å². The summed E-state index contributed by atoms with van der Waals surface area (Å²) in [6.45, 7) is 3.40. The molecule has 1 atom stereocenters. The highest BCUT2D eigenvalue weighted by Crippen LogP contribution is 2.14. The molecule has 1 N–H and O–H groups in total. The van der Waals surface area contributed by atoms with E-state index in [2.05, 4.69) is 10.5 Å². The third-order valence-electron chi connectivity index (χ3n) is 3.24. The topological polar surface area (TPSA) is 74.5 Å². The lowest BCUT2D eigenvalue weighted by Gasteiger charge is -2.13. The molecule has 1 amide bonds. The molecule has 0 bridgehead atoms. The third kappa shape index (κ3) is 4.83. The van der Waals surface area contributed by atoms with Crippen LogP contribution in [-0.2, 0) is 4.79 Å². The number of nitrogens with one attached hydrogen (secondary N) is 1. The fraction of sp³-hybridized carbons (Fsp3) is 0.167. The van der Waals surface area contributed by atoms with E-state index in [-0.39, 0.29) is 5.91 Å². The highest BCUT2D eigenvalue weighted by atomic mass is 35.5. The van der Waals surface area contributed by atoms with Gasteiger partial charge < -0.3 is 4.74 Å². The second-order valence-electron chi connectivity index (χ2n) is 5.08. The Morgan fingerprint density at radius 3 is 2.62 bits per heavy atom. The number of benzene rings is 2. The number of nitriles is 1. The minimum absolute atomic E-state index is 0.374. The highest BCUT2D eigenvalue weighted by molar-refractivity contribution is 6.31. The van der Waals surface area contributed by atoms with E-state index >= 15 is 0 Å². The number of carbonyl (C=O) groups is 1. The summed E-state index contributed by atoms with van der Waals surface area (Å²) in [4.78, 5) is 12.1. The van der Waals surface area contributed by atoms with Crippen molar-refractivity contribution in [2.45, 2.75) is 20.0 Å². The third-order valence-corrected chi connectivity index (χ3v) is 3.48. The van der Waals surface area contributed by atoms with Gasteiger partial charge in [-0.25, -0.2) is 5.43 Å². The number of hydrazone groups is 1. The second kappa shape index (κ2) is 8.14. The molecule has 0 saturated carbocycles. The maximum Gasteiger partial charge on any atom is 0.280 e. The van der Waals surface area contributed by atoms with Crippen LogP contribution >= 0.6 is 11.6 Å². The monoisotopic (exact) mass is 341 g/mol. The van der Waals surface area contributed by atoms with Crippen LogP contribution < -0.4 is 10.2 Å². The summed E-state index contributed by atoms with van der Waals surface area (Å²) in [6, 6.07) is 15.8. The van der Waals surface area contributed by atoms with E-state index in [1.165, 1.54) is 0 Å². The van der Waals surface area contributed by atoms with Crippen LogP contribution in [0, 0.1) is 11.3 Å². The molecule has 0 fully saturated rings. The van der Waals surface area contributed by atoms with Gasteiger partial charge in [0.2, 0.25) is 0 Å². The molecule has 0 aliphatic carbocycles. The maximum atomic E-state index is 12.1. The van der Waals surface area contributed by atoms with E-state index in [4.69, 9.17) is 21.6 Å². The number of halogens is 1. The zero-order valence-electron chi connectivity index (χ0n) is 13.3. The number of amides is 1. The van der Waals surface area contributed by atoms with Crippen molar-refractivity contribution in [3.8, 4) is 11.8 Å². The van der Waals surface area contributed by atoms with E-state index in [9.17, 15) is 4.79 Å². The molecule has 2 aromatic rings. The Labute approximate surface area is 145 Å². The lowest BCUT2D eigenvalue weighted by Crippen LogP contribution is -2.33. The molecular weight excluding hydrogens is 326 g/mol. The number of hydrogen-bond acceptors (Lipinski definition) is 4. The summed E-state index contributed by atoms with van der Waals surface area (Å²) >= 11 is 5.93. The van der Waals surface area contributed by atoms with Crippen molar-refractivity contribution in [2.24, 2.45) is 5.10 Å². The summed E-state index contributed by atoms with van der Waals surface area (Å²) in [5.74, 6) is 0.132. The summed E-state index contributed by atoms with van der Waals surface area (Å²) in [5.41, 5.74) is 4.46. The molecular formula is C18H16ClN3O2. The van der Waals surface area contributed by atoms with Crippen LogP contribution in [-0.4, -0.2) is 17.7 Å². The first kappa shape index (κ1) is 17.5. The van der Waals surface area contributed by atoms with Gasteiger partial charge in [0, 0.05) is 5.02 Å². The molecule has 1 unspecified atom stereocenters. The van der Waals surface area contributed by atoms with Crippen LogP contribution in [0.4, 0.5) is 0 Å². The van der Waals surface area contributed by atoms with Gasteiger partial charge in [0.05, 0.1) is 17.3 Å². The van der Waals surface area contributed by atoms with E-state index in [1.54, 1.807) is 50.2 Å². The van der Waals surface area contributed by atoms with Crippen LogP contribution in [0.2, 0.25) is 5.02 Å². The normalized spacial score (nSPS) is 12.2. The quantitative estimate of drug-likeness (QED) is 0.668. The molecule has 0 aromatic heterocycles. The van der Waals surface area contributed by atoms with Gasteiger partial charge in [0.15, 0.2) is 6.10 Å². The molecule has 0 radical (unpaired) electrons. The number of nitrogens with zero attached hydrogens (tertiary/aromatic N) is 2. The van der Waals surface area contributed by atoms with Crippen molar-refractivity contribution in [1.82, 2.24) is 5.43 Å². The zero-order valence-corrected chi connectivity index (χ0v) is 14.0. The van der Waals surface area contributed by atoms with Crippen LogP contribution in [0.1, 0.15) is 25.0 Å². The Morgan fingerprint density at radius 1 is 1.29 bits per heavy atom. The lowest BCUT2D eigenvalue weighted by atomic mass is 10.1. The summed E-state index contributed by atoms with van der Waals surface area (Å²) < 4.78 is 5.52. The minimum Gasteiger partial charge on any atom is -0.481 e. The second-order valence-corrected chi connectivity index (χ2v) is 5.52. The van der Waals surface area contributed by atoms with Crippen molar-refractivity contribution in [2.75, 3.05) is 0 Å². The predicted molar refractivity (Wildman–Crippen MR) is 93.1 cm³/mol. The predicted octanol–water partition coefficient (Wildman–Crippen LogP) is 3.52. The number of ether oxygens (including phenoxy) is 1. The molecule has 122 valence electrons. The average molecular weight is 342 g/mol. The first-order valence-electron chi connectivity index (χ1n) is 7.26. The highest BCUT2D eigenvalue weighted by Gasteiger charge is 2.14. The Hall–Kier alpha value is -2.84. The summed E-state index contributed by atoms with van der Waals surface area (Å²) in [7, 11) is 0. The minimum atomic E-state index is -0.728. The molecule has 0 aliphatic rings. The van der Waals surface area contributed by atoms with Gasteiger partial charge >= 0.3 is 0 Å². The van der Waals surface area contributed by atoms with Crippen LogP contribution in [0.25, 0.3) is 0 Å². The number of hydrogen-bond donors (Lipinski definition) is 1. The van der Waals surface area contributed by atoms with Gasteiger partial charge in [0.25, 0.3) is 5.91 Å². The largest absolute Gasteiger partial charge is 0.481 e. The smallest absolute Gasteiger partial charge is 0.280 e. The fourth-order valence-corrected chi connectivity index (χ4v) is 2.06. The fourth-order valence-electron chi connectivity index (χ4n) is 1.87. The molecule has 6 heteroatoms. The molecule has 24 heavy (non-hydrogen) atoms. The van der Waals surface area contributed by atoms with Gasteiger partial charge in [-0.1, -0.05) is 23.7 Å². The molecule has 0 heterocycles.